The number of nitro benzene ring substituents is 1. The average molecular weight is 295 g/mol. The summed E-state index contributed by atoms with van der Waals surface area (Å²) in [5, 5.41) is 20.2. The third-order valence-corrected chi connectivity index (χ3v) is 3.90. The van der Waals surface area contributed by atoms with Gasteiger partial charge in [0.25, 0.3) is 5.69 Å². The lowest BCUT2D eigenvalue weighted by Crippen LogP contribution is -2.27. The first-order valence-electron chi connectivity index (χ1n) is 6.40. The molecule has 6 heteroatoms. The molecule has 0 amide bonds. The predicted octanol–water partition coefficient (Wildman–Crippen LogP) is 3.18. The molecule has 20 heavy (non-hydrogen) atoms. The lowest BCUT2D eigenvalue weighted by atomic mass is 9.96. The molecule has 0 aromatic heterocycles. The second-order valence-corrected chi connectivity index (χ2v) is 8.18. The standard InChI is InChI=1S/C14H21NO4Si/c1-13(2,3)20-19-14(4,5)11-6-10(9-16)7-12(8-11)15(17)18/h6-8,16H,9H2,1-5H3. The Morgan fingerprint density at radius 1 is 1.25 bits per heavy atom. The summed E-state index contributed by atoms with van der Waals surface area (Å²) in [5.74, 6) is 0. The number of nitro groups is 1. The summed E-state index contributed by atoms with van der Waals surface area (Å²) in [6.45, 7) is 9.76. The molecule has 1 N–H and O–H groups in total. The van der Waals surface area contributed by atoms with E-state index in [2.05, 4.69) is 20.8 Å². The minimum atomic E-state index is -0.637. The van der Waals surface area contributed by atoms with E-state index in [1.807, 2.05) is 13.8 Å². The summed E-state index contributed by atoms with van der Waals surface area (Å²) >= 11 is 0. The van der Waals surface area contributed by atoms with E-state index < -0.39 is 10.5 Å². The van der Waals surface area contributed by atoms with E-state index in [1.165, 1.54) is 12.1 Å². The van der Waals surface area contributed by atoms with E-state index in [0.29, 0.717) is 11.1 Å². The Hall–Kier alpha value is -1.24. The number of benzene rings is 1. The summed E-state index contributed by atoms with van der Waals surface area (Å²) in [5.41, 5.74) is 0.557. The maximum Gasteiger partial charge on any atom is 0.270 e. The number of nitrogens with zero attached hydrogens (tertiary/aromatic N) is 1. The molecule has 0 fully saturated rings. The lowest BCUT2D eigenvalue weighted by molar-refractivity contribution is -0.385. The first kappa shape index (κ1) is 16.8. The van der Waals surface area contributed by atoms with Gasteiger partial charge < -0.3 is 9.53 Å². The number of hydrogen-bond donors (Lipinski definition) is 1. The Morgan fingerprint density at radius 2 is 1.85 bits per heavy atom. The molecule has 0 heterocycles. The SMILES string of the molecule is CC(C)(C)[Si]OC(C)(C)c1cc(CO)cc([N+](=O)[O-])c1. The van der Waals surface area contributed by atoms with Gasteiger partial charge in [0.05, 0.1) is 17.1 Å². The molecule has 2 radical (unpaired) electrons. The van der Waals surface area contributed by atoms with Crippen molar-refractivity contribution < 1.29 is 14.5 Å². The van der Waals surface area contributed by atoms with Crippen LogP contribution in [0.3, 0.4) is 0 Å². The van der Waals surface area contributed by atoms with E-state index in [4.69, 9.17) is 4.43 Å². The van der Waals surface area contributed by atoms with Gasteiger partial charge in [-0.05, 0) is 30.0 Å². The second-order valence-electron chi connectivity index (χ2n) is 6.27. The summed E-state index contributed by atoms with van der Waals surface area (Å²) in [6.07, 6.45) is 0. The third-order valence-electron chi connectivity index (χ3n) is 2.68. The molecule has 0 aliphatic heterocycles. The Kier molecular flexibility index (Phi) is 5.07. The summed E-state index contributed by atoms with van der Waals surface area (Å²) in [4.78, 5) is 10.5. The molecule has 0 unspecified atom stereocenters. The van der Waals surface area contributed by atoms with Gasteiger partial charge in [0.2, 0.25) is 9.76 Å². The van der Waals surface area contributed by atoms with Crippen LogP contribution in [0, 0.1) is 10.1 Å². The predicted molar refractivity (Wildman–Crippen MR) is 78.6 cm³/mol. The van der Waals surface area contributed by atoms with Crippen molar-refractivity contribution in [3.8, 4) is 0 Å². The van der Waals surface area contributed by atoms with Gasteiger partial charge in [-0.3, -0.25) is 10.1 Å². The van der Waals surface area contributed by atoms with Crippen molar-refractivity contribution >= 4 is 15.5 Å². The van der Waals surface area contributed by atoms with Gasteiger partial charge >= 0.3 is 0 Å². The molecule has 0 spiro atoms. The van der Waals surface area contributed by atoms with Gasteiger partial charge in [0.15, 0.2) is 0 Å². The fourth-order valence-electron chi connectivity index (χ4n) is 1.56. The molecule has 0 saturated heterocycles. The Morgan fingerprint density at radius 3 is 2.30 bits per heavy atom. The Balaban J connectivity index is 3.10. The summed E-state index contributed by atoms with van der Waals surface area (Å²) in [7, 11) is 0.275. The van der Waals surface area contributed by atoms with Gasteiger partial charge in [-0.15, -0.1) is 0 Å². The van der Waals surface area contributed by atoms with Crippen LogP contribution >= 0.6 is 0 Å². The maximum atomic E-state index is 11.0. The Bertz CT molecular complexity index is 494. The fraction of sp³-hybridized carbons (Fsp3) is 0.571. The Labute approximate surface area is 122 Å². The molecule has 1 aromatic rings. The molecular formula is C14H21NO4Si. The highest BCUT2D eigenvalue weighted by Gasteiger charge is 2.27. The molecular weight excluding hydrogens is 274 g/mol. The highest BCUT2D eigenvalue weighted by atomic mass is 28.2. The molecule has 0 aliphatic carbocycles. The highest BCUT2D eigenvalue weighted by Crippen LogP contribution is 2.32. The van der Waals surface area contributed by atoms with E-state index in [1.54, 1.807) is 6.07 Å². The third kappa shape index (κ3) is 4.70. The zero-order valence-corrected chi connectivity index (χ0v) is 13.6. The number of aliphatic hydroxyl groups excluding tert-OH is 1. The molecule has 0 aliphatic rings. The molecule has 110 valence electrons. The van der Waals surface area contributed by atoms with Gasteiger partial charge in [-0.1, -0.05) is 26.8 Å². The minimum Gasteiger partial charge on any atom is -0.408 e. The first-order valence-corrected chi connectivity index (χ1v) is 7.31. The normalized spacial score (nSPS) is 12.5. The van der Waals surface area contributed by atoms with E-state index in [9.17, 15) is 15.2 Å². The van der Waals surface area contributed by atoms with Gasteiger partial charge in [0, 0.05) is 12.1 Å². The van der Waals surface area contributed by atoms with Crippen molar-refractivity contribution in [1.82, 2.24) is 0 Å². The van der Waals surface area contributed by atoms with Crippen molar-refractivity contribution in [2.24, 2.45) is 0 Å². The fourth-order valence-corrected chi connectivity index (χ4v) is 2.24. The molecule has 0 atom stereocenters. The topological polar surface area (TPSA) is 72.6 Å². The lowest BCUT2D eigenvalue weighted by Gasteiger charge is -2.29. The smallest absolute Gasteiger partial charge is 0.270 e. The van der Waals surface area contributed by atoms with Crippen LogP contribution < -0.4 is 0 Å². The zero-order valence-electron chi connectivity index (χ0n) is 12.6. The monoisotopic (exact) mass is 295 g/mol. The summed E-state index contributed by atoms with van der Waals surface area (Å²) < 4.78 is 5.94. The molecule has 5 nitrogen and oxygen atoms in total. The molecule has 1 rings (SSSR count). The summed E-state index contributed by atoms with van der Waals surface area (Å²) in [6, 6.07) is 4.64. The second kappa shape index (κ2) is 6.03. The van der Waals surface area contributed by atoms with Crippen LogP contribution in [-0.4, -0.2) is 19.8 Å². The quantitative estimate of drug-likeness (QED) is 0.514. The average Bonchev–Trinajstić information content (AvgIpc) is 2.35. The van der Waals surface area contributed by atoms with Crippen LogP contribution in [0.2, 0.25) is 5.04 Å². The zero-order chi connectivity index (χ0) is 15.6. The van der Waals surface area contributed by atoms with Crippen molar-refractivity contribution in [3.63, 3.8) is 0 Å². The first-order chi connectivity index (χ1) is 9.05. The number of non-ortho nitro benzene ring substituents is 1. The van der Waals surface area contributed by atoms with E-state index in [-0.39, 0.29) is 27.1 Å². The van der Waals surface area contributed by atoms with Gasteiger partial charge in [-0.2, -0.15) is 0 Å². The maximum absolute atomic E-state index is 11.0. The van der Waals surface area contributed by atoms with Crippen molar-refractivity contribution in [3.05, 3.63) is 39.4 Å². The van der Waals surface area contributed by atoms with E-state index >= 15 is 0 Å². The van der Waals surface area contributed by atoms with Crippen LogP contribution in [0.5, 0.6) is 0 Å². The number of aliphatic hydroxyl groups is 1. The van der Waals surface area contributed by atoms with Crippen molar-refractivity contribution in [2.75, 3.05) is 0 Å². The minimum absolute atomic E-state index is 0.0256. The highest BCUT2D eigenvalue weighted by molar-refractivity contribution is 6.31. The largest absolute Gasteiger partial charge is 0.408 e. The number of hydrogen-bond acceptors (Lipinski definition) is 4. The van der Waals surface area contributed by atoms with E-state index in [0.717, 1.165) is 0 Å². The van der Waals surface area contributed by atoms with Crippen LogP contribution in [0.1, 0.15) is 45.7 Å². The van der Waals surface area contributed by atoms with Crippen LogP contribution in [0.15, 0.2) is 18.2 Å². The van der Waals surface area contributed by atoms with Gasteiger partial charge in [0.1, 0.15) is 0 Å². The number of rotatable bonds is 5. The molecule has 0 bridgehead atoms. The van der Waals surface area contributed by atoms with Gasteiger partial charge in [-0.25, -0.2) is 0 Å². The van der Waals surface area contributed by atoms with Crippen LogP contribution in [0.25, 0.3) is 0 Å². The molecule has 1 aromatic carbocycles. The van der Waals surface area contributed by atoms with Crippen LogP contribution in [-0.2, 0) is 16.6 Å². The van der Waals surface area contributed by atoms with Crippen molar-refractivity contribution in [1.29, 1.82) is 0 Å². The van der Waals surface area contributed by atoms with Crippen LogP contribution in [0.4, 0.5) is 5.69 Å². The molecule has 0 saturated carbocycles. The van der Waals surface area contributed by atoms with Crippen molar-refractivity contribution in [2.45, 2.75) is 51.9 Å².